The average Bonchev–Trinajstić information content (AvgIpc) is 3.05. The number of anilines is 1. The molecule has 1 amide bonds. The monoisotopic (exact) mass is 332 g/mol. The van der Waals surface area contributed by atoms with E-state index in [-0.39, 0.29) is 5.91 Å². The van der Waals surface area contributed by atoms with Crippen molar-refractivity contribution in [1.82, 2.24) is 14.5 Å². The molecule has 0 unspecified atom stereocenters. The fourth-order valence-corrected chi connectivity index (χ4v) is 2.14. The van der Waals surface area contributed by atoms with E-state index in [1.54, 1.807) is 53.6 Å². The highest BCUT2D eigenvalue weighted by molar-refractivity contribution is 6.42. The number of carbonyl (C=O) groups is 1. The summed E-state index contributed by atoms with van der Waals surface area (Å²) in [6.07, 6.45) is 6.57. The van der Waals surface area contributed by atoms with E-state index in [0.29, 0.717) is 27.1 Å². The van der Waals surface area contributed by atoms with Crippen LogP contribution in [-0.2, 0) is 0 Å². The van der Waals surface area contributed by atoms with Crippen LogP contribution in [-0.4, -0.2) is 20.4 Å². The topological polar surface area (TPSA) is 59.8 Å². The molecule has 0 fully saturated rings. The molecule has 7 heteroatoms. The van der Waals surface area contributed by atoms with Gasteiger partial charge >= 0.3 is 0 Å². The second-order valence-corrected chi connectivity index (χ2v) is 5.27. The number of rotatable bonds is 3. The summed E-state index contributed by atoms with van der Waals surface area (Å²) in [6, 6.07) is 8.33. The number of hydrogen-bond donors (Lipinski definition) is 1. The third-order valence-electron chi connectivity index (χ3n) is 2.96. The molecule has 0 atom stereocenters. The Kier molecular flexibility index (Phi) is 4.09. The Morgan fingerprint density at radius 3 is 2.64 bits per heavy atom. The Balaban J connectivity index is 1.76. The molecule has 0 bridgehead atoms. The summed E-state index contributed by atoms with van der Waals surface area (Å²) in [7, 11) is 0. The molecule has 0 aliphatic rings. The normalized spacial score (nSPS) is 10.5. The Morgan fingerprint density at radius 2 is 2.00 bits per heavy atom. The molecule has 22 heavy (non-hydrogen) atoms. The van der Waals surface area contributed by atoms with Crippen molar-refractivity contribution in [3.05, 3.63) is 70.9 Å². The number of amides is 1. The van der Waals surface area contributed by atoms with Crippen molar-refractivity contribution in [2.45, 2.75) is 0 Å². The van der Waals surface area contributed by atoms with Crippen LogP contribution < -0.4 is 5.32 Å². The minimum absolute atomic E-state index is 0.275. The number of nitrogens with zero attached hydrogens (tertiary/aromatic N) is 3. The highest BCUT2D eigenvalue weighted by Crippen LogP contribution is 2.25. The van der Waals surface area contributed by atoms with Gasteiger partial charge in [-0.25, -0.2) is 9.97 Å². The lowest BCUT2D eigenvalue weighted by molar-refractivity contribution is 0.102. The fraction of sp³-hybridized carbons (Fsp3) is 0. The Labute approximate surface area is 136 Å². The summed E-state index contributed by atoms with van der Waals surface area (Å²) < 4.78 is 1.75. The Hall–Kier alpha value is -2.37. The number of pyridine rings is 1. The van der Waals surface area contributed by atoms with Crippen LogP contribution in [0.4, 0.5) is 5.69 Å². The standard InChI is InChI=1S/C15H10Cl2N4O/c16-12-3-2-11(7-13(12)17)20-15(22)10-1-4-14(19-8-10)21-6-5-18-9-21/h1-9H,(H,20,22). The van der Waals surface area contributed by atoms with Gasteiger partial charge < -0.3 is 5.32 Å². The van der Waals surface area contributed by atoms with Crippen molar-refractivity contribution in [1.29, 1.82) is 0 Å². The summed E-state index contributed by atoms with van der Waals surface area (Å²) in [5.74, 6) is 0.409. The van der Waals surface area contributed by atoms with Gasteiger partial charge in [-0.15, -0.1) is 0 Å². The summed E-state index contributed by atoms with van der Waals surface area (Å²) in [5, 5.41) is 3.56. The van der Waals surface area contributed by atoms with Gasteiger partial charge in [0, 0.05) is 24.3 Å². The van der Waals surface area contributed by atoms with Crippen molar-refractivity contribution in [3.63, 3.8) is 0 Å². The van der Waals surface area contributed by atoms with Crippen LogP contribution in [0, 0.1) is 0 Å². The van der Waals surface area contributed by atoms with Gasteiger partial charge in [0.1, 0.15) is 12.1 Å². The SMILES string of the molecule is O=C(Nc1ccc(Cl)c(Cl)c1)c1ccc(-n2ccnc2)nc1. The molecule has 110 valence electrons. The average molecular weight is 333 g/mol. The van der Waals surface area contributed by atoms with Crippen molar-refractivity contribution in [2.24, 2.45) is 0 Å². The Bertz CT molecular complexity index is 801. The predicted octanol–water partition coefficient (Wildman–Crippen LogP) is 3.83. The highest BCUT2D eigenvalue weighted by atomic mass is 35.5. The predicted molar refractivity (Wildman–Crippen MR) is 85.8 cm³/mol. The van der Waals surface area contributed by atoms with Crippen molar-refractivity contribution in [2.75, 3.05) is 5.32 Å². The first-order valence-electron chi connectivity index (χ1n) is 6.34. The van der Waals surface area contributed by atoms with Gasteiger partial charge in [-0.1, -0.05) is 23.2 Å². The maximum absolute atomic E-state index is 12.2. The minimum Gasteiger partial charge on any atom is -0.322 e. The van der Waals surface area contributed by atoms with Gasteiger partial charge in [-0.3, -0.25) is 9.36 Å². The molecule has 0 saturated heterocycles. The van der Waals surface area contributed by atoms with E-state index in [1.165, 1.54) is 6.20 Å². The van der Waals surface area contributed by atoms with E-state index in [1.807, 2.05) is 0 Å². The lowest BCUT2D eigenvalue weighted by atomic mass is 10.2. The molecule has 3 aromatic rings. The molecule has 0 radical (unpaired) electrons. The van der Waals surface area contributed by atoms with Crippen molar-refractivity contribution in [3.8, 4) is 5.82 Å². The van der Waals surface area contributed by atoms with Crippen LogP contribution in [0.1, 0.15) is 10.4 Å². The fourth-order valence-electron chi connectivity index (χ4n) is 1.84. The number of benzene rings is 1. The third-order valence-corrected chi connectivity index (χ3v) is 3.70. The maximum atomic E-state index is 12.2. The van der Waals surface area contributed by atoms with E-state index < -0.39 is 0 Å². The second-order valence-electron chi connectivity index (χ2n) is 4.46. The van der Waals surface area contributed by atoms with Crippen LogP contribution in [0.15, 0.2) is 55.2 Å². The summed E-state index contributed by atoms with van der Waals surface area (Å²) in [4.78, 5) is 20.3. The van der Waals surface area contributed by atoms with E-state index >= 15 is 0 Å². The summed E-state index contributed by atoms with van der Waals surface area (Å²) >= 11 is 11.8. The van der Waals surface area contributed by atoms with Gasteiger partial charge in [0.2, 0.25) is 0 Å². The first kappa shape index (κ1) is 14.6. The Morgan fingerprint density at radius 1 is 1.14 bits per heavy atom. The first-order valence-corrected chi connectivity index (χ1v) is 7.10. The number of carbonyl (C=O) groups excluding carboxylic acids is 1. The molecule has 2 heterocycles. The van der Waals surface area contributed by atoms with Crippen LogP contribution in [0.5, 0.6) is 0 Å². The molecule has 0 aliphatic carbocycles. The van der Waals surface area contributed by atoms with E-state index in [4.69, 9.17) is 23.2 Å². The number of hydrogen-bond acceptors (Lipinski definition) is 3. The lowest BCUT2D eigenvalue weighted by Crippen LogP contribution is -2.12. The van der Waals surface area contributed by atoms with Crippen molar-refractivity contribution < 1.29 is 4.79 Å². The van der Waals surface area contributed by atoms with Crippen LogP contribution >= 0.6 is 23.2 Å². The zero-order chi connectivity index (χ0) is 15.5. The van der Waals surface area contributed by atoms with Gasteiger partial charge in [0.25, 0.3) is 5.91 Å². The zero-order valence-electron chi connectivity index (χ0n) is 11.2. The number of halogens is 2. The first-order chi connectivity index (χ1) is 10.6. The minimum atomic E-state index is -0.275. The molecule has 3 rings (SSSR count). The van der Waals surface area contributed by atoms with Gasteiger partial charge in [-0.05, 0) is 30.3 Å². The third kappa shape index (κ3) is 3.10. The van der Waals surface area contributed by atoms with Crippen molar-refractivity contribution >= 4 is 34.8 Å². The van der Waals surface area contributed by atoms with Gasteiger partial charge in [0.05, 0.1) is 15.6 Å². The molecule has 1 N–H and O–H groups in total. The smallest absolute Gasteiger partial charge is 0.257 e. The lowest BCUT2D eigenvalue weighted by Gasteiger charge is -2.07. The van der Waals surface area contributed by atoms with E-state index in [2.05, 4.69) is 15.3 Å². The number of imidazole rings is 1. The summed E-state index contributed by atoms with van der Waals surface area (Å²) in [6.45, 7) is 0. The largest absolute Gasteiger partial charge is 0.322 e. The molecule has 1 aromatic carbocycles. The number of nitrogens with one attached hydrogen (secondary N) is 1. The molecular weight excluding hydrogens is 323 g/mol. The number of aromatic nitrogens is 3. The molecular formula is C15H10Cl2N4O. The highest BCUT2D eigenvalue weighted by Gasteiger charge is 2.08. The quantitative estimate of drug-likeness (QED) is 0.792. The van der Waals surface area contributed by atoms with Crippen LogP contribution in [0.25, 0.3) is 5.82 Å². The molecule has 0 saturated carbocycles. The summed E-state index contributed by atoms with van der Waals surface area (Å²) in [5.41, 5.74) is 1.01. The van der Waals surface area contributed by atoms with Crippen LogP contribution in [0.2, 0.25) is 10.0 Å². The zero-order valence-corrected chi connectivity index (χ0v) is 12.7. The molecule has 0 aliphatic heterocycles. The molecule has 5 nitrogen and oxygen atoms in total. The molecule has 0 spiro atoms. The maximum Gasteiger partial charge on any atom is 0.257 e. The van der Waals surface area contributed by atoms with Gasteiger partial charge in [0.15, 0.2) is 0 Å². The second kappa shape index (κ2) is 6.17. The van der Waals surface area contributed by atoms with E-state index in [0.717, 1.165) is 0 Å². The molecule has 2 aromatic heterocycles. The van der Waals surface area contributed by atoms with Gasteiger partial charge in [-0.2, -0.15) is 0 Å². The van der Waals surface area contributed by atoms with Crippen LogP contribution in [0.3, 0.4) is 0 Å². The van der Waals surface area contributed by atoms with E-state index in [9.17, 15) is 4.79 Å².